The van der Waals surface area contributed by atoms with Crippen molar-refractivity contribution >= 4 is 17.1 Å². The molecule has 1 saturated heterocycles. The molecule has 1 unspecified atom stereocenters. The summed E-state index contributed by atoms with van der Waals surface area (Å²) in [6.45, 7) is 3.52. The number of fused-ring (bicyclic) bond motifs is 3. The van der Waals surface area contributed by atoms with Gasteiger partial charge in [0.1, 0.15) is 0 Å². The van der Waals surface area contributed by atoms with Crippen molar-refractivity contribution in [1.29, 1.82) is 0 Å². The summed E-state index contributed by atoms with van der Waals surface area (Å²) >= 11 is 0. The third kappa shape index (κ3) is 2.89. The van der Waals surface area contributed by atoms with Crippen LogP contribution in [0.3, 0.4) is 0 Å². The van der Waals surface area contributed by atoms with Crippen LogP contribution in [0.2, 0.25) is 0 Å². The number of piperazine rings is 1. The van der Waals surface area contributed by atoms with Gasteiger partial charge in [-0.15, -0.1) is 0 Å². The number of non-ortho nitro benzene ring substituents is 1. The first kappa shape index (κ1) is 15.8. The maximum Gasteiger partial charge on any atom is 0.270 e. The van der Waals surface area contributed by atoms with Crippen LogP contribution in [0.5, 0.6) is 0 Å². The van der Waals surface area contributed by atoms with Crippen LogP contribution in [0, 0.1) is 10.1 Å². The van der Waals surface area contributed by atoms with E-state index in [1.54, 1.807) is 12.1 Å². The van der Waals surface area contributed by atoms with E-state index >= 15 is 0 Å². The molecule has 0 amide bonds. The molecule has 0 bridgehead atoms. The quantitative estimate of drug-likeness (QED) is 0.625. The highest BCUT2D eigenvalue weighted by Crippen LogP contribution is 2.32. The molecular weight excluding hydrogens is 316 g/mol. The summed E-state index contributed by atoms with van der Waals surface area (Å²) in [5.41, 5.74) is 3.85. The van der Waals surface area contributed by atoms with Gasteiger partial charge in [0.2, 0.25) is 0 Å². The van der Waals surface area contributed by atoms with Crippen LogP contribution >= 0.6 is 0 Å². The van der Waals surface area contributed by atoms with E-state index in [0.717, 1.165) is 42.2 Å². The zero-order chi connectivity index (χ0) is 17.4. The van der Waals surface area contributed by atoms with Crippen molar-refractivity contribution in [1.82, 2.24) is 4.90 Å². The van der Waals surface area contributed by atoms with E-state index in [1.165, 1.54) is 0 Å². The van der Waals surface area contributed by atoms with Gasteiger partial charge in [-0.2, -0.15) is 0 Å². The summed E-state index contributed by atoms with van der Waals surface area (Å²) in [6.07, 6.45) is 0. The first-order valence-electron chi connectivity index (χ1n) is 8.47. The Balaban J connectivity index is 1.88. The topological polar surface area (TPSA) is 62.0 Å². The number of hydrogen-bond donors (Lipinski definition) is 0. The Hall–Kier alpha value is -2.73. The van der Waals surface area contributed by atoms with Gasteiger partial charge in [0, 0.05) is 48.6 Å². The van der Waals surface area contributed by atoms with Crippen LogP contribution in [0.15, 0.2) is 53.5 Å². The molecule has 0 radical (unpaired) electrons. The van der Waals surface area contributed by atoms with Gasteiger partial charge in [-0.1, -0.05) is 30.3 Å². The van der Waals surface area contributed by atoms with Crippen LogP contribution in [0.1, 0.15) is 11.1 Å². The lowest BCUT2D eigenvalue weighted by Gasteiger charge is -2.40. The van der Waals surface area contributed by atoms with Gasteiger partial charge in [0.25, 0.3) is 5.69 Å². The van der Waals surface area contributed by atoms with Gasteiger partial charge in [0.15, 0.2) is 0 Å². The molecule has 2 aliphatic rings. The van der Waals surface area contributed by atoms with Crippen LogP contribution in [-0.4, -0.2) is 54.8 Å². The lowest BCUT2D eigenvalue weighted by Crippen LogP contribution is -2.53. The lowest BCUT2D eigenvalue weighted by atomic mass is 9.99. The molecule has 1 fully saturated rings. The minimum absolute atomic E-state index is 0.106. The third-order valence-corrected chi connectivity index (χ3v) is 4.95. The minimum atomic E-state index is -0.338. The number of anilines is 1. The van der Waals surface area contributed by atoms with Crippen LogP contribution in [-0.2, 0) is 0 Å². The molecule has 0 aromatic heterocycles. The molecule has 0 spiro atoms. The van der Waals surface area contributed by atoms with Crippen molar-refractivity contribution in [3.8, 4) is 0 Å². The van der Waals surface area contributed by atoms with Gasteiger partial charge >= 0.3 is 0 Å². The summed E-state index contributed by atoms with van der Waals surface area (Å²) in [6, 6.07) is 15.4. The fraction of sp³-hybridized carbons (Fsp3) is 0.316. The monoisotopic (exact) mass is 336 g/mol. The van der Waals surface area contributed by atoms with Crippen molar-refractivity contribution in [2.75, 3.05) is 38.1 Å². The van der Waals surface area contributed by atoms with Gasteiger partial charge in [0.05, 0.1) is 23.2 Å². The highest BCUT2D eigenvalue weighted by molar-refractivity contribution is 6.16. The normalized spacial score (nSPS) is 20.3. The molecule has 1 atom stereocenters. The van der Waals surface area contributed by atoms with Crippen LogP contribution in [0.25, 0.3) is 0 Å². The van der Waals surface area contributed by atoms with Crippen LogP contribution in [0.4, 0.5) is 11.4 Å². The third-order valence-electron chi connectivity index (χ3n) is 4.95. The van der Waals surface area contributed by atoms with Gasteiger partial charge < -0.3 is 9.80 Å². The molecule has 2 aromatic carbocycles. The number of hydrogen-bond acceptors (Lipinski definition) is 5. The molecule has 0 aliphatic carbocycles. The first-order valence-corrected chi connectivity index (χ1v) is 8.47. The Kier molecular flexibility index (Phi) is 3.97. The Morgan fingerprint density at radius 1 is 1.16 bits per heavy atom. The number of likely N-dealkylation sites (N-methyl/N-ethyl adjacent to an activating group) is 1. The summed E-state index contributed by atoms with van der Waals surface area (Å²) in [5.74, 6) is 0. The highest BCUT2D eigenvalue weighted by Gasteiger charge is 2.31. The molecule has 4 rings (SSSR count). The predicted molar refractivity (Wildman–Crippen MR) is 98.7 cm³/mol. The molecule has 128 valence electrons. The van der Waals surface area contributed by atoms with E-state index in [9.17, 15) is 10.1 Å². The second kappa shape index (κ2) is 6.29. The Morgan fingerprint density at radius 2 is 1.96 bits per heavy atom. The van der Waals surface area contributed by atoms with Crippen molar-refractivity contribution in [3.05, 3.63) is 69.8 Å². The Labute approximate surface area is 146 Å². The smallest absolute Gasteiger partial charge is 0.270 e. The fourth-order valence-electron chi connectivity index (χ4n) is 3.69. The Bertz CT molecular complexity index is 835. The zero-order valence-corrected chi connectivity index (χ0v) is 14.1. The molecule has 6 heteroatoms. The maximum absolute atomic E-state index is 11.3. The number of rotatable bonds is 2. The first-order chi connectivity index (χ1) is 12.1. The SMILES string of the molecule is CN1CCN2c3ccc([N+](=O)[O-])cc3C(c3ccccc3)=NCC2C1. The van der Waals surface area contributed by atoms with E-state index in [2.05, 4.69) is 16.8 Å². The molecule has 2 aliphatic heterocycles. The van der Waals surface area contributed by atoms with E-state index < -0.39 is 0 Å². The summed E-state index contributed by atoms with van der Waals surface area (Å²) in [7, 11) is 2.13. The van der Waals surface area contributed by atoms with Crippen molar-refractivity contribution in [2.45, 2.75) is 6.04 Å². The standard InChI is InChI=1S/C19H20N4O2/c1-21-9-10-22-16(13-21)12-20-19(14-5-3-2-4-6-14)17-11-15(23(24)25)7-8-18(17)22/h2-8,11,16H,9-10,12-13H2,1H3. The summed E-state index contributed by atoms with van der Waals surface area (Å²) in [5, 5.41) is 11.3. The van der Waals surface area contributed by atoms with Gasteiger partial charge in [-0.25, -0.2) is 0 Å². The average molecular weight is 336 g/mol. The van der Waals surface area contributed by atoms with Crippen LogP contribution < -0.4 is 4.90 Å². The molecule has 25 heavy (non-hydrogen) atoms. The van der Waals surface area contributed by atoms with Crippen molar-refractivity contribution in [2.24, 2.45) is 4.99 Å². The average Bonchev–Trinajstić information content (AvgIpc) is 2.78. The molecule has 6 nitrogen and oxygen atoms in total. The summed E-state index contributed by atoms with van der Waals surface area (Å²) in [4.78, 5) is 20.5. The van der Waals surface area contributed by atoms with E-state index in [-0.39, 0.29) is 10.6 Å². The highest BCUT2D eigenvalue weighted by atomic mass is 16.6. The van der Waals surface area contributed by atoms with E-state index in [0.29, 0.717) is 12.6 Å². The minimum Gasteiger partial charge on any atom is -0.364 e. The second-order valence-corrected chi connectivity index (χ2v) is 6.62. The number of benzene rings is 2. The van der Waals surface area contributed by atoms with E-state index in [4.69, 9.17) is 4.99 Å². The number of nitrogens with zero attached hydrogens (tertiary/aromatic N) is 4. The van der Waals surface area contributed by atoms with Gasteiger partial charge in [-0.3, -0.25) is 15.1 Å². The lowest BCUT2D eigenvalue weighted by molar-refractivity contribution is -0.384. The predicted octanol–water partition coefficient (Wildman–Crippen LogP) is 2.57. The number of nitro groups is 1. The maximum atomic E-state index is 11.3. The largest absolute Gasteiger partial charge is 0.364 e. The number of aliphatic imine (C=N–C) groups is 1. The van der Waals surface area contributed by atoms with Crippen molar-refractivity contribution in [3.63, 3.8) is 0 Å². The van der Waals surface area contributed by atoms with Crippen molar-refractivity contribution < 1.29 is 4.92 Å². The second-order valence-electron chi connectivity index (χ2n) is 6.62. The zero-order valence-electron chi connectivity index (χ0n) is 14.1. The molecular formula is C19H20N4O2. The molecule has 0 saturated carbocycles. The molecule has 2 aromatic rings. The Morgan fingerprint density at radius 3 is 2.72 bits per heavy atom. The number of nitro benzene ring substituents is 1. The molecule has 0 N–H and O–H groups in total. The van der Waals surface area contributed by atoms with E-state index in [1.807, 2.05) is 36.4 Å². The summed E-state index contributed by atoms with van der Waals surface area (Å²) < 4.78 is 0. The fourth-order valence-corrected chi connectivity index (χ4v) is 3.69. The van der Waals surface area contributed by atoms with Gasteiger partial charge in [-0.05, 0) is 13.1 Å². The molecule has 2 heterocycles.